The summed E-state index contributed by atoms with van der Waals surface area (Å²) < 4.78 is 40.2. The Bertz CT molecular complexity index is 934. The molecule has 2 aromatic carbocycles. The van der Waals surface area contributed by atoms with E-state index >= 15 is 0 Å². The van der Waals surface area contributed by atoms with Crippen LogP contribution in [0.3, 0.4) is 0 Å². The number of rotatable bonds is 3. The first-order valence-corrected chi connectivity index (χ1v) is 9.02. The van der Waals surface area contributed by atoms with E-state index in [1.165, 1.54) is 12.1 Å². The van der Waals surface area contributed by atoms with Crippen molar-refractivity contribution in [2.24, 2.45) is 4.99 Å². The van der Waals surface area contributed by atoms with Crippen LogP contribution in [0.5, 0.6) is 0 Å². The summed E-state index contributed by atoms with van der Waals surface area (Å²) in [7, 11) is -3.67. The first kappa shape index (κ1) is 16.7. The molecule has 1 heterocycles. The van der Waals surface area contributed by atoms with Crippen molar-refractivity contribution in [3.63, 3.8) is 0 Å². The zero-order valence-electron chi connectivity index (χ0n) is 12.8. The zero-order valence-corrected chi connectivity index (χ0v) is 14.3. The monoisotopic (exact) mass is 364 g/mol. The fourth-order valence-corrected chi connectivity index (χ4v) is 4.09. The lowest BCUT2D eigenvalue weighted by Crippen LogP contribution is -2.23. The maximum Gasteiger partial charge on any atom is 0.264 e. The highest BCUT2D eigenvalue weighted by Crippen LogP contribution is 2.30. The molecule has 0 aliphatic carbocycles. The Morgan fingerprint density at radius 3 is 2.33 bits per heavy atom. The van der Waals surface area contributed by atoms with Crippen LogP contribution >= 0.6 is 11.6 Å². The summed E-state index contributed by atoms with van der Waals surface area (Å²) in [6.45, 7) is 1.95. The molecule has 1 N–H and O–H groups in total. The predicted molar refractivity (Wildman–Crippen MR) is 93.6 cm³/mol. The summed E-state index contributed by atoms with van der Waals surface area (Å²) in [5.41, 5.74) is 1.88. The quantitative estimate of drug-likeness (QED) is 0.901. The zero-order chi connectivity index (χ0) is 17.3. The van der Waals surface area contributed by atoms with Gasteiger partial charge in [0.25, 0.3) is 10.0 Å². The summed E-state index contributed by atoms with van der Waals surface area (Å²) in [4.78, 5) is 4.50. The fourth-order valence-electron chi connectivity index (χ4n) is 2.45. The predicted octanol–water partition coefficient (Wildman–Crippen LogP) is 3.74. The van der Waals surface area contributed by atoms with Crippen LogP contribution in [0.4, 0.5) is 4.39 Å². The van der Waals surface area contributed by atoms with E-state index in [-0.39, 0.29) is 17.3 Å². The van der Waals surface area contributed by atoms with Gasteiger partial charge < -0.3 is 0 Å². The van der Waals surface area contributed by atoms with E-state index in [9.17, 15) is 12.8 Å². The van der Waals surface area contributed by atoms with Gasteiger partial charge in [0.1, 0.15) is 16.6 Å². The average Bonchev–Trinajstić information content (AvgIpc) is 2.77. The molecule has 0 unspecified atom stereocenters. The molecule has 0 fully saturated rings. The molecule has 4 nitrogen and oxygen atoms in total. The van der Waals surface area contributed by atoms with Gasteiger partial charge in [-0.3, -0.25) is 9.71 Å². The largest absolute Gasteiger partial charge is 0.264 e. The van der Waals surface area contributed by atoms with Crippen LogP contribution in [0.1, 0.15) is 18.1 Å². The molecule has 0 radical (unpaired) electrons. The number of sulfonamides is 1. The van der Waals surface area contributed by atoms with Gasteiger partial charge in [0.2, 0.25) is 0 Å². The van der Waals surface area contributed by atoms with Gasteiger partial charge in [-0.1, -0.05) is 35.9 Å². The molecule has 0 saturated carbocycles. The normalized spacial score (nSPS) is 18.0. The van der Waals surface area contributed by atoms with Crippen molar-refractivity contribution in [1.82, 2.24) is 4.72 Å². The number of aliphatic imine (C=N–C) groups is 1. The highest BCUT2D eigenvalue weighted by atomic mass is 35.5. The van der Waals surface area contributed by atoms with E-state index in [2.05, 4.69) is 9.71 Å². The van der Waals surface area contributed by atoms with Gasteiger partial charge in [0.05, 0.1) is 6.54 Å². The van der Waals surface area contributed by atoms with Crippen LogP contribution in [0.25, 0.3) is 4.91 Å². The smallest absolute Gasteiger partial charge is 0.263 e. The minimum atomic E-state index is -3.67. The van der Waals surface area contributed by atoms with E-state index in [1.807, 2.05) is 0 Å². The SMILES string of the molecule is CC1=C(c2ccc(Cl)cc2)S(=O)(=O)NC1=NCc1ccc(F)cc1. The minimum absolute atomic E-state index is 0.192. The third-order valence-electron chi connectivity index (χ3n) is 3.63. The molecule has 0 amide bonds. The Morgan fingerprint density at radius 1 is 1.08 bits per heavy atom. The molecule has 2 aromatic rings. The van der Waals surface area contributed by atoms with Crippen molar-refractivity contribution in [1.29, 1.82) is 0 Å². The molecule has 24 heavy (non-hydrogen) atoms. The molecular weight excluding hydrogens is 351 g/mol. The lowest BCUT2D eigenvalue weighted by molar-refractivity contribution is 0.603. The van der Waals surface area contributed by atoms with E-state index < -0.39 is 10.0 Å². The second-order valence-corrected chi connectivity index (χ2v) is 7.41. The van der Waals surface area contributed by atoms with Crippen LogP contribution in [-0.2, 0) is 16.6 Å². The summed E-state index contributed by atoms with van der Waals surface area (Å²) in [5.74, 6) is -0.0293. The van der Waals surface area contributed by atoms with Crippen molar-refractivity contribution in [3.05, 3.63) is 76.1 Å². The van der Waals surface area contributed by atoms with Crippen molar-refractivity contribution >= 4 is 32.4 Å². The molecule has 3 rings (SSSR count). The molecule has 1 aliphatic rings. The van der Waals surface area contributed by atoms with Crippen LogP contribution in [0, 0.1) is 5.82 Å². The molecule has 0 atom stereocenters. The fraction of sp³-hybridized carbons (Fsp3) is 0.118. The Hall–Kier alpha value is -2.18. The summed E-state index contributed by atoms with van der Waals surface area (Å²) in [6, 6.07) is 12.5. The summed E-state index contributed by atoms with van der Waals surface area (Å²) in [5, 5.41) is 0.533. The van der Waals surface area contributed by atoms with E-state index in [4.69, 9.17) is 11.6 Å². The molecule has 0 bridgehead atoms. The van der Waals surface area contributed by atoms with Crippen LogP contribution in [-0.4, -0.2) is 14.3 Å². The summed E-state index contributed by atoms with van der Waals surface area (Å²) in [6.07, 6.45) is 0. The number of benzene rings is 2. The van der Waals surface area contributed by atoms with E-state index in [0.29, 0.717) is 22.0 Å². The first-order chi connectivity index (χ1) is 11.4. The van der Waals surface area contributed by atoms with Gasteiger partial charge in [0, 0.05) is 10.6 Å². The van der Waals surface area contributed by atoms with Gasteiger partial charge in [-0.25, -0.2) is 12.8 Å². The molecule has 1 aliphatic heterocycles. The van der Waals surface area contributed by atoms with Gasteiger partial charge in [0.15, 0.2) is 0 Å². The Labute approximate surface area is 144 Å². The Morgan fingerprint density at radius 2 is 1.71 bits per heavy atom. The first-order valence-electron chi connectivity index (χ1n) is 7.16. The topological polar surface area (TPSA) is 58.5 Å². The summed E-state index contributed by atoms with van der Waals surface area (Å²) >= 11 is 5.85. The van der Waals surface area contributed by atoms with Crippen LogP contribution < -0.4 is 4.72 Å². The standard InChI is InChI=1S/C17H14ClFN2O2S/c1-11-16(13-4-6-14(18)7-5-13)24(22,23)21-17(11)20-10-12-2-8-15(19)9-3-12/h2-9H,10H2,1H3,(H,20,21). The second kappa shape index (κ2) is 6.37. The van der Waals surface area contributed by atoms with Crippen LogP contribution in [0.2, 0.25) is 5.02 Å². The molecule has 0 aromatic heterocycles. The Kier molecular flexibility index (Phi) is 4.43. The highest BCUT2D eigenvalue weighted by molar-refractivity contribution is 8.00. The number of nitrogens with one attached hydrogen (secondary N) is 1. The third-order valence-corrected chi connectivity index (χ3v) is 5.43. The van der Waals surface area contributed by atoms with Gasteiger partial charge in [-0.15, -0.1) is 0 Å². The number of hydrogen-bond donors (Lipinski definition) is 1. The average molecular weight is 365 g/mol. The molecule has 0 saturated heterocycles. The number of nitrogens with zero attached hydrogens (tertiary/aromatic N) is 1. The number of amidine groups is 1. The van der Waals surface area contributed by atoms with Crippen molar-refractivity contribution in [3.8, 4) is 0 Å². The second-order valence-electron chi connectivity index (χ2n) is 5.36. The van der Waals surface area contributed by atoms with Crippen LogP contribution in [0.15, 0.2) is 59.1 Å². The molecule has 124 valence electrons. The lowest BCUT2D eigenvalue weighted by atomic mass is 10.1. The van der Waals surface area contributed by atoms with Crippen molar-refractivity contribution < 1.29 is 12.8 Å². The highest BCUT2D eigenvalue weighted by Gasteiger charge is 2.32. The lowest BCUT2D eigenvalue weighted by Gasteiger charge is -2.02. The van der Waals surface area contributed by atoms with Crippen molar-refractivity contribution in [2.45, 2.75) is 13.5 Å². The van der Waals surface area contributed by atoms with Gasteiger partial charge in [-0.2, -0.15) is 0 Å². The third kappa shape index (κ3) is 3.34. The van der Waals surface area contributed by atoms with Gasteiger partial charge >= 0.3 is 0 Å². The van der Waals surface area contributed by atoms with E-state index in [1.54, 1.807) is 43.3 Å². The maximum atomic E-state index is 12.9. The number of hydrogen-bond acceptors (Lipinski definition) is 3. The molecular formula is C17H14ClFN2O2S. The number of halogens is 2. The molecule has 0 spiro atoms. The molecule has 7 heteroatoms. The maximum absolute atomic E-state index is 12.9. The minimum Gasteiger partial charge on any atom is -0.263 e. The van der Waals surface area contributed by atoms with Crippen molar-refractivity contribution in [2.75, 3.05) is 0 Å². The Balaban J connectivity index is 1.94. The van der Waals surface area contributed by atoms with Gasteiger partial charge in [-0.05, 0) is 42.3 Å². The van der Waals surface area contributed by atoms with E-state index in [0.717, 1.165) is 5.56 Å².